The molecule has 0 aliphatic heterocycles. The average Bonchev–Trinajstić information content (AvgIpc) is 2.53. The minimum atomic E-state index is 0.615. The van der Waals surface area contributed by atoms with E-state index in [1.54, 1.807) is 21.3 Å². The summed E-state index contributed by atoms with van der Waals surface area (Å²) in [6, 6.07) is 11.3. The van der Waals surface area contributed by atoms with Gasteiger partial charge in [-0.25, -0.2) is 0 Å². The third kappa shape index (κ3) is 3.40. The lowest BCUT2D eigenvalue weighted by Gasteiger charge is -2.09. The van der Waals surface area contributed by atoms with Gasteiger partial charge in [-0.1, -0.05) is 24.3 Å². The van der Waals surface area contributed by atoms with Gasteiger partial charge in [0.15, 0.2) is 0 Å². The van der Waals surface area contributed by atoms with E-state index in [2.05, 4.69) is 0 Å². The van der Waals surface area contributed by atoms with Crippen LogP contribution in [0.5, 0.6) is 17.2 Å². The maximum absolute atomic E-state index is 6.05. The van der Waals surface area contributed by atoms with Crippen molar-refractivity contribution >= 4 is 25.5 Å². The molecule has 0 N–H and O–H groups in total. The molecule has 0 aliphatic carbocycles. The van der Waals surface area contributed by atoms with Gasteiger partial charge >= 0.3 is 0 Å². The van der Waals surface area contributed by atoms with Crippen molar-refractivity contribution < 1.29 is 14.2 Å². The Balaban J connectivity index is 2.33. The predicted molar refractivity (Wildman–Crippen MR) is 86.9 cm³/mol. The smallest absolute Gasteiger partial charge is 0.129 e. The van der Waals surface area contributed by atoms with Crippen molar-refractivity contribution in [2.24, 2.45) is 0 Å². The highest BCUT2D eigenvalue weighted by Crippen LogP contribution is 2.26. The summed E-state index contributed by atoms with van der Waals surface area (Å²) in [4.78, 5) is 0. The highest BCUT2D eigenvalue weighted by Gasteiger charge is 2.03. The zero-order valence-corrected chi connectivity index (χ0v) is 12.4. The van der Waals surface area contributed by atoms with E-state index in [-0.39, 0.29) is 0 Å². The first-order chi connectivity index (χ1) is 10.2. The third-order valence-corrected chi connectivity index (χ3v) is 3.20. The largest absolute Gasteiger partial charge is 0.497 e. The summed E-state index contributed by atoms with van der Waals surface area (Å²) in [7, 11) is 10.9. The standard InChI is InChI=1S/C17H17BO3/c1-19-14-10-9-12(16(11-14)21-3)7-8-13-5-4-6-15(20-2)17(13)18/h4-11H,1-3H3/b8-7+. The second-order valence-corrected chi connectivity index (χ2v) is 4.40. The van der Waals surface area contributed by atoms with Gasteiger partial charge in [-0.05, 0) is 29.2 Å². The lowest BCUT2D eigenvalue weighted by Crippen LogP contribution is -2.10. The highest BCUT2D eigenvalue weighted by molar-refractivity contribution is 6.36. The zero-order valence-electron chi connectivity index (χ0n) is 12.4. The Labute approximate surface area is 126 Å². The predicted octanol–water partition coefficient (Wildman–Crippen LogP) is 2.68. The van der Waals surface area contributed by atoms with Crippen LogP contribution in [0.2, 0.25) is 0 Å². The molecule has 0 atom stereocenters. The summed E-state index contributed by atoms with van der Waals surface area (Å²) < 4.78 is 15.8. The molecule has 0 heterocycles. The van der Waals surface area contributed by atoms with Crippen molar-refractivity contribution in [3.8, 4) is 17.2 Å². The molecule has 0 aromatic heterocycles. The van der Waals surface area contributed by atoms with Gasteiger partial charge in [-0.15, -0.1) is 0 Å². The number of ether oxygens (including phenoxy) is 3. The van der Waals surface area contributed by atoms with Crippen LogP contribution < -0.4 is 19.7 Å². The molecule has 4 heteroatoms. The van der Waals surface area contributed by atoms with Gasteiger partial charge in [-0.2, -0.15) is 0 Å². The van der Waals surface area contributed by atoms with Gasteiger partial charge in [0.25, 0.3) is 0 Å². The molecule has 3 nitrogen and oxygen atoms in total. The summed E-state index contributed by atoms with van der Waals surface area (Å²) in [5.74, 6) is 2.16. The van der Waals surface area contributed by atoms with Gasteiger partial charge in [0.05, 0.1) is 21.3 Å². The average molecular weight is 280 g/mol. The Kier molecular flexibility index (Phi) is 4.93. The van der Waals surface area contributed by atoms with E-state index in [9.17, 15) is 0 Å². The van der Waals surface area contributed by atoms with E-state index in [4.69, 9.17) is 22.1 Å². The molecule has 2 aromatic rings. The number of benzene rings is 2. The maximum atomic E-state index is 6.05. The van der Waals surface area contributed by atoms with Gasteiger partial charge < -0.3 is 14.2 Å². The topological polar surface area (TPSA) is 27.7 Å². The molecular formula is C17H17BO3. The number of rotatable bonds is 5. The maximum Gasteiger partial charge on any atom is 0.129 e. The zero-order chi connectivity index (χ0) is 15.2. The first-order valence-corrected chi connectivity index (χ1v) is 6.52. The Morgan fingerprint density at radius 2 is 1.52 bits per heavy atom. The van der Waals surface area contributed by atoms with Crippen molar-refractivity contribution in [3.63, 3.8) is 0 Å². The first kappa shape index (κ1) is 15.0. The van der Waals surface area contributed by atoms with Crippen LogP contribution in [0.1, 0.15) is 11.1 Å². The lowest BCUT2D eigenvalue weighted by molar-refractivity contribution is 0.394. The normalized spacial score (nSPS) is 10.6. The number of hydrogen-bond donors (Lipinski definition) is 0. The van der Waals surface area contributed by atoms with Crippen molar-refractivity contribution in [1.29, 1.82) is 0 Å². The molecule has 0 saturated heterocycles. The molecule has 0 bridgehead atoms. The molecule has 2 aromatic carbocycles. The van der Waals surface area contributed by atoms with Crippen LogP contribution in [0, 0.1) is 0 Å². The SMILES string of the molecule is [B]c1c(/C=C/c2ccc(OC)cc2OC)cccc1OC. The summed E-state index contributed by atoms with van der Waals surface area (Å²) in [6.45, 7) is 0. The Morgan fingerprint density at radius 3 is 2.19 bits per heavy atom. The molecule has 0 fully saturated rings. The van der Waals surface area contributed by atoms with Gasteiger partial charge in [0, 0.05) is 11.6 Å². The van der Waals surface area contributed by atoms with Crippen molar-refractivity contribution in [1.82, 2.24) is 0 Å². The van der Waals surface area contributed by atoms with Crippen LogP contribution in [0.15, 0.2) is 36.4 Å². The minimum Gasteiger partial charge on any atom is -0.497 e. The second-order valence-electron chi connectivity index (χ2n) is 4.40. The molecular weight excluding hydrogens is 263 g/mol. The van der Waals surface area contributed by atoms with Gasteiger partial charge in [0.1, 0.15) is 25.1 Å². The molecule has 2 rings (SSSR count). The minimum absolute atomic E-state index is 0.615. The second kappa shape index (κ2) is 6.89. The van der Waals surface area contributed by atoms with Crippen LogP contribution in [0.3, 0.4) is 0 Å². The van der Waals surface area contributed by atoms with Crippen LogP contribution >= 0.6 is 0 Å². The molecule has 0 spiro atoms. The molecule has 0 amide bonds. The van der Waals surface area contributed by atoms with E-state index in [0.717, 1.165) is 22.6 Å². The first-order valence-electron chi connectivity index (χ1n) is 6.52. The van der Waals surface area contributed by atoms with Crippen LogP contribution in [0.25, 0.3) is 12.2 Å². The summed E-state index contributed by atoms with van der Waals surface area (Å²) in [5, 5.41) is 0. The van der Waals surface area contributed by atoms with E-state index in [0.29, 0.717) is 11.2 Å². The van der Waals surface area contributed by atoms with E-state index in [1.165, 1.54) is 0 Å². The molecule has 0 unspecified atom stereocenters. The van der Waals surface area contributed by atoms with Gasteiger partial charge in [0.2, 0.25) is 0 Å². The molecule has 0 aliphatic rings. The Morgan fingerprint density at radius 1 is 0.810 bits per heavy atom. The van der Waals surface area contributed by atoms with E-state index < -0.39 is 0 Å². The number of methoxy groups -OCH3 is 3. The fraction of sp³-hybridized carbons (Fsp3) is 0.176. The fourth-order valence-electron chi connectivity index (χ4n) is 2.02. The Hall–Kier alpha value is -2.36. The molecule has 106 valence electrons. The summed E-state index contributed by atoms with van der Waals surface area (Å²) in [6.07, 6.45) is 3.88. The van der Waals surface area contributed by atoms with Crippen LogP contribution in [0.4, 0.5) is 0 Å². The summed E-state index contributed by atoms with van der Waals surface area (Å²) in [5.41, 5.74) is 2.46. The van der Waals surface area contributed by atoms with Gasteiger partial charge in [-0.3, -0.25) is 0 Å². The van der Waals surface area contributed by atoms with E-state index in [1.807, 2.05) is 48.6 Å². The Bertz CT molecular complexity index is 650. The highest BCUT2D eigenvalue weighted by atomic mass is 16.5. The van der Waals surface area contributed by atoms with Crippen molar-refractivity contribution in [2.75, 3.05) is 21.3 Å². The lowest BCUT2D eigenvalue weighted by atomic mass is 9.89. The summed E-state index contributed by atoms with van der Waals surface area (Å²) >= 11 is 0. The van der Waals surface area contributed by atoms with E-state index >= 15 is 0 Å². The quantitative estimate of drug-likeness (QED) is 0.622. The van der Waals surface area contributed by atoms with Crippen LogP contribution in [-0.4, -0.2) is 29.2 Å². The van der Waals surface area contributed by atoms with Crippen molar-refractivity contribution in [3.05, 3.63) is 47.5 Å². The van der Waals surface area contributed by atoms with Crippen molar-refractivity contribution in [2.45, 2.75) is 0 Å². The number of hydrogen-bond acceptors (Lipinski definition) is 3. The molecule has 2 radical (unpaired) electrons. The fourth-order valence-corrected chi connectivity index (χ4v) is 2.02. The molecule has 21 heavy (non-hydrogen) atoms. The molecule has 0 saturated carbocycles. The monoisotopic (exact) mass is 280 g/mol. The van der Waals surface area contributed by atoms with Crippen LogP contribution in [-0.2, 0) is 0 Å². The third-order valence-electron chi connectivity index (χ3n) is 3.20.